The summed E-state index contributed by atoms with van der Waals surface area (Å²) in [5, 5.41) is 16.4. The summed E-state index contributed by atoms with van der Waals surface area (Å²) in [6, 6.07) is 30.2. The molecule has 2 aromatic carbocycles. The summed E-state index contributed by atoms with van der Waals surface area (Å²) in [6.45, 7) is 6.16. The molecule has 0 saturated heterocycles. The van der Waals surface area contributed by atoms with Gasteiger partial charge in [0.05, 0.1) is 0 Å². The second kappa shape index (κ2) is 14.8. The van der Waals surface area contributed by atoms with E-state index in [2.05, 4.69) is 120 Å². The van der Waals surface area contributed by atoms with Gasteiger partial charge in [-0.05, 0) is 11.1 Å². The van der Waals surface area contributed by atoms with Gasteiger partial charge in [-0.1, -0.05) is 60.7 Å². The third kappa shape index (κ3) is 10.4. The molecule has 0 amide bonds. The zero-order valence-electron chi connectivity index (χ0n) is 20.0. The van der Waals surface area contributed by atoms with Crippen LogP contribution in [0.25, 0.3) is 11.1 Å². The molecule has 10 heteroatoms. The molecule has 0 aliphatic rings. The Labute approximate surface area is 209 Å². The van der Waals surface area contributed by atoms with Crippen molar-refractivity contribution in [2.45, 2.75) is 26.9 Å². The number of halogens is 4. The Hall–Kier alpha value is -3.49. The van der Waals surface area contributed by atoms with Gasteiger partial charge in [-0.2, -0.15) is 9.13 Å². The van der Waals surface area contributed by atoms with E-state index in [0.717, 1.165) is 13.1 Å². The summed E-state index contributed by atoms with van der Waals surface area (Å²) >= 11 is 0. The molecule has 4 nitrogen and oxygen atoms in total. The van der Waals surface area contributed by atoms with E-state index in [9.17, 15) is 17.3 Å². The van der Waals surface area contributed by atoms with Crippen LogP contribution in [0.4, 0.5) is 17.3 Å². The average molecular weight is 496 g/mol. The standard InChI is InChI=1S/C26H26N2.2BF2O/c1-21-17-25(13-15-27(21)19-23-9-5-3-6-10-23)26-14-16-28(22(2)18-26)20-24-11-7-4-8-12-24;2*2-1(3)4/h3-18H,19-20H2,1-2H3;;/q+2;2*-1. The minimum Gasteiger partial charge on any atom is -0.824 e. The van der Waals surface area contributed by atoms with Gasteiger partial charge >= 0.3 is 14.9 Å². The zero-order chi connectivity index (χ0) is 26.5. The van der Waals surface area contributed by atoms with Crippen LogP contribution in [0.2, 0.25) is 0 Å². The molecular weight excluding hydrogens is 470 g/mol. The first-order valence-corrected chi connectivity index (χ1v) is 11.1. The van der Waals surface area contributed by atoms with Crippen molar-refractivity contribution in [3.8, 4) is 11.1 Å². The van der Waals surface area contributed by atoms with Crippen LogP contribution in [-0.2, 0) is 13.1 Å². The fraction of sp³-hybridized carbons (Fsp3) is 0.154. The number of aryl methyl sites for hydroxylation is 2. The van der Waals surface area contributed by atoms with Crippen molar-refractivity contribution in [2.24, 2.45) is 0 Å². The first-order valence-electron chi connectivity index (χ1n) is 11.1. The van der Waals surface area contributed by atoms with Crippen LogP contribution in [0, 0.1) is 13.8 Å². The molecule has 0 bridgehead atoms. The van der Waals surface area contributed by atoms with Crippen molar-refractivity contribution in [1.29, 1.82) is 0 Å². The Morgan fingerprint density at radius 3 is 1.17 bits per heavy atom. The zero-order valence-corrected chi connectivity index (χ0v) is 20.0. The number of rotatable bonds is 5. The van der Waals surface area contributed by atoms with E-state index in [4.69, 9.17) is 10.0 Å². The lowest BCUT2D eigenvalue weighted by Gasteiger charge is -2.06. The minimum absolute atomic E-state index is 0.901. The Morgan fingerprint density at radius 2 is 0.889 bits per heavy atom. The van der Waals surface area contributed by atoms with Crippen LogP contribution in [-0.4, -0.2) is 14.9 Å². The highest BCUT2D eigenvalue weighted by Crippen LogP contribution is 2.19. The second-order valence-electron chi connectivity index (χ2n) is 7.86. The Bertz CT molecular complexity index is 1100. The maximum absolute atomic E-state index is 9.78. The first-order chi connectivity index (χ1) is 17.2. The Morgan fingerprint density at radius 1 is 0.583 bits per heavy atom. The third-order valence-electron chi connectivity index (χ3n) is 5.23. The van der Waals surface area contributed by atoms with Gasteiger partial charge in [-0.25, -0.2) is 0 Å². The van der Waals surface area contributed by atoms with Gasteiger partial charge in [0.25, 0.3) is 0 Å². The second-order valence-corrected chi connectivity index (χ2v) is 7.86. The molecular formula is C26H26B2F4N2O2. The molecule has 0 atom stereocenters. The predicted molar refractivity (Wildman–Crippen MR) is 129 cm³/mol. The highest BCUT2D eigenvalue weighted by molar-refractivity contribution is 6.30. The molecule has 186 valence electrons. The maximum Gasteiger partial charge on any atom is 0.447 e. The molecule has 0 aliphatic carbocycles. The van der Waals surface area contributed by atoms with Crippen molar-refractivity contribution in [1.82, 2.24) is 0 Å². The number of pyridine rings is 2. The molecule has 0 N–H and O–H groups in total. The van der Waals surface area contributed by atoms with E-state index in [-0.39, 0.29) is 0 Å². The predicted octanol–water partition coefficient (Wildman–Crippen LogP) is 3.18. The van der Waals surface area contributed by atoms with Crippen molar-refractivity contribution < 1.29 is 36.4 Å². The number of hydrogen-bond acceptors (Lipinski definition) is 2. The lowest BCUT2D eigenvalue weighted by molar-refractivity contribution is -0.694. The Balaban J connectivity index is 0.000000501. The fourth-order valence-electron chi connectivity index (χ4n) is 3.56. The summed E-state index contributed by atoms with van der Waals surface area (Å²) < 4.78 is 43.7. The quantitative estimate of drug-likeness (QED) is 0.242. The molecule has 0 fully saturated rings. The number of benzene rings is 2. The van der Waals surface area contributed by atoms with E-state index in [0.29, 0.717) is 0 Å². The molecule has 0 radical (unpaired) electrons. The summed E-state index contributed by atoms with van der Waals surface area (Å²) in [6.07, 6.45) is 4.38. The van der Waals surface area contributed by atoms with E-state index < -0.39 is 14.9 Å². The normalized spacial score (nSPS) is 9.89. The van der Waals surface area contributed by atoms with Crippen LogP contribution < -0.4 is 19.2 Å². The van der Waals surface area contributed by atoms with Crippen molar-refractivity contribution in [3.05, 3.63) is 120 Å². The number of aromatic nitrogens is 2. The monoisotopic (exact) mass is 496 g/mol. The lowest BCUT2D eigenvalue weighted by Crippen LogP contribution is -2.37. The van der Waals surface area contributed by atoms with Gasteiger partial charge < -0.3 is 27.3 Å². The summed E-state index contributed by atoms with van der Waals surface area (Å²) in [5.74, 6) is 0. The smallest absolute Gasteiger partial charge is 0.447 e. The molecule has 0 spiro atoms. The minimum atomic E-state index is -3.42. The number of nitrogens with zero attached hydrogens (tertiary/aromatic N) is 2. The van der Waals surface area contributed by atoms with Gasteiger partial charge in [-0.3, -0.25) is 0 Å². The van der Waals surface area contributed by atoms with Gasteiger partial charge in [0, 0.05) is 49.2 Å². The van der Waals surface area contributed by atoms with Crippen LogP contribution in [0.5, 0.6) is 0 Å². The van der Waals surface area contributed by atoms with Crippen molar-refractivity contribution >= 4 is 14.9 Å². The topological polar surface area (TPSA) is 53.9 Å². The van der Waals surface area contributed by atoms with E-state index >= 15 is 0 Å². The van der Waals surface area contributed by atoms with Gasteiger partial charge in [0.2, 0.25) is 0 Å². The van der Waals surface area contributed by atoms with Crippen LogP contribution in [0.1, 0.15) is 22.5 Å². The lowest BCUT2D eigenvalue weighted by atomic mass is 10.1. The van der Waals surface area contributed by atoms with Gasteiger partial charge in [0.15, 0.2) is 36.9 Å². The average Bonchev–Trinajstić information content (AvgIpc) is 2.82. The molecule has 2 aromatic heterocycles. The summed E-state index contributed by atoms with van der Waals surface area (Å²) in [4.78, 5) is 0. The first kappa shape index (κ1) is 28.7. The molecule has 0 unspecified atom stereocenters. The fourth-order valence-corrected chi connectivity index (χ4v) is 3.56. The largest absolute Gasteiger partial charge is 0.824 e. The molecule has 0 saturated carbocycles. The van der Waals surface area contributed by atoms with Crippen LogP contribution in [0.15, 0.2) is 97.3 Å². The Kier molecular flexibility index (Phi) is 11.8. The molecule has 4 rings (SSSR count). The highest BCUT2D eigenvalue weighted by Gasteiger charge is 2.13. The molecule has 2 heterocycles. The van der Waals surface area contributed by atoms with Crippen LogP contribution >= 0.6 is 0 Å². The molecule has 0 aliphatic heterocycles. The maximum atomic E-state index is 9.78. The summed E-state index contributed by atoms with van der Waals surface area (Å²) in [5.41, 5.74) is 7.69. The van der Waals surface area contributed by atoms with Crippen molar-refractivity contribution in [2.75, 3.05) is 0 Å². The molecule has 36 heavy (non-hydrogen) atoms. The van der Waals surface area contributed by atoms with E-state index in [1.807, 2.05) is 0 Å². The van der Waals surface area contributed by atoms with Crippen molar-refractivity contribution in [3.63, 3.8) is 0 Å². The third-order valence-corrected chi connectivity index (χ3v) is 5.23. The number of hydrogen-bond donors (Lipinski definition) is 0. The highest BCUT2D eigenvalue weighted by atomic mass is 19.2. The van der Waals surface area contributed by atoms with Gasteiger partial charge in [0.1, 0.15) is 0 Å². The van der Waals surface area contributed by atoms with Crippen LogP contribution in [0.3, 0.4) is 0 Å². The van der Waals surface area contributed by atoms with Gasteiger partial charge in [-0.15, -0.1) is 0 Å². The summed E-state index contributed by atoms with van der Waals surface area (Å²) in [7, 11) is -6.83. The molecule has 4 aromatic rings. The van der Waals surface area contributed by atoms with E-state index in [1.165, 1.54) is 33.6 Å². The SMILES string of the molecule is Cc1cc(-c2cc[n+](Cc3ccccc3)c(C)c2)cc[n+]1Cc1ccccc1.[O-]B(F)F.[O-]B(F)F. The van der Waals surface area contributed by atoms with E-state index in [1.54, 1.807) is 0 Å².